The molecule has 1 aromatic carbocycles. The highest BCUT2D eigenvalue weighted by Gasteiger charge is 2.37. The van der Waals surface area contributed by atoms with Crippen LogP contribution in [0.25, 0.3) is 33.8 Å². The van der Waals surface area contributed by atoms with Gasteiger partial charge in [0.05, 0.1) is 30.9 Å². The number of benzene rings is 1. The van der Waals surface area contributed by atoms with Crippen molar-refractivity contribution < 1.29 is 17.9 Å². The first-order chi connectivity index (χ1) is 18.7. The lowest BCUT2D eigenvalue weighted by Gasteiger charge is -2.11. The lowest BCUT2D eigenvalue weighted by molar-refractivity contribution is -0.145. The van der Waals surface area contributed by atoms with Crippen LogP contribution in [-0.2, 0) is 12.7 Å². The summed E-state index contributed by atoms with van der Waals surface area (Å²) < 4.78 is 48.2. The van der Waals surface area contributed by atoms with Crippen LogP contribution < -0.4 is 4.74 Å². The lowest BCUT2D eigenvalue weighted by Crippen LogP contribution is -2.10. The molecule has 1 saturated carbocycles. The average molecular weight is 536 g/mol. The fraction of sp³-hybridized carbons (Fsp3) is 0.346. The van der Waals surface area contributed by atoms with Crippen LogP contribution in [0.2, 0.25) is 0 Å². The molecule has 0 unspecified atom stereocenters. The second-order valence-corrected chi connectivity index (χ2v) is 9.68. The molecule has 1 fully saturated rings. The molecule has 39 heavy (non-hydrogen) atoms. The molecule has 4 heterocycles. The molecule has 0 amide bonds. The third-order valence-corrected chi connectivity index (χ3v) is 6.52. The molecule has 13 heteroatoms. The Balaban J connectivity index is 1.32. The summed E-state index contributed by atoms with van der Waals surface area (Å²) in [7, 11) is 1.56. The molecule has 0 radical (unpaired) electrons. The second-order valence-electron chi connectivity index (χ2n) is 9.68. The van der Waals surface area contributed by atoms with Gasteiger partial charge in [-0.15, -0.1) is 5.10 Å². The molecule has 0 spiro atoms. The van der Waals surface area contributed by atoms with Gasteiger partial charge in [-0.05, 0) is 32.3 Å². The third kappa shape index (κ3) is 4.68. The van der Waals surface area contributed by atoms with E-state index in [4.69, 9.17) is 9.72 Å². The molecule has 1 aliphatic rings. The van der Waals surface area contributed by atoms with Crippen molar-refractivity contribution >= 4 is 11.0 Å². The normalized spacial score (nSPS) is 13.9. The van der Waals surface area contributed by atoms with Gasteiger partial charge in [0.25, 0.3) is 5.82 Å². The Morgan fingerprint density at radius 1 is 1.03 bits per heavy atom. The number of rotatable bonds is 7. The number of ether oxygens (including phenoxy) is 1. The van der Waals surface area contributed by atoms with Crippen molar-refractivity contribution in [3.8, 4) is 28.7 Å². The Bertz CT molecular complexity index is 1650. The zero-order valence-electron chi connectivity index (χ0n) is 21.4. The van der Waals surface area contributed by atoms with Crippen molar-refractivity contribution in [3.63, 3.8) is 0 Å². The highest BCUT2D eigenvalue weighted by atomic mass is 19.4. The summed E-state index contributed by atoms with van der Waals surface area (Å²) in [6.45, 7) is 3.91. The van der Waals surface area contributed by atoms with Crippen LogP contribution in [0, 0.1) is 0 Å². The standard InChI is InChI=1S/C26H24F3N9O/c1-14(2)38-23(35-25(36-38)26(27,28)29)17-6-4-15(5-7-17)12-37-22-18(11-33-37)10-30-21(34-22)19-20(16-8-9-16)31-13-32-24(19)39-3/h4-7,10-11,13-14,16H,8-9,12H2,1-3H3. The Kier molecular flexibility index (Phi) is 6.00. The molecule has 10 nitrogen and oxygen atoms in total. The van der Waals surface area contributed by atoms with Crippen LogP contribution in [0.15, 0.2) is 43.0 Å². The van der Waals surface area contributed by atoms with E-state index >= 15 is 0 Å². The molecule has 4 aromatic heterocycles. The van der Waals surface area contributed by atoms with Crippen LogP contribution in [0.3, 0.4) is 0 Å². The van der Waals surface area contributed by atoms with E-state index in [0.29, 0.717) is 40.9 Å². The number of fused-ring (bicyclic) bond motifs is 1. The number of alkyl halides is 3. The Hall–Kier alpha value is -4.42. The summed E-state index contributed by atoms with van der Waals surface area (Å²) in [5.74, 6) is 0.243. The maximum atomic E-state index is 13.2. The minimum Gasteiger partial charge on any atom is -0.480 e. The smallest absolute Gasteiger partial charge is 0.453 e. The summed E-state index contributed by atoms with van der Waals surface area (Å²) in [5, 5.41) is 8.93. The number of nitrogens with zero attached hydrogens (tertiary/aromatic N) is 9. The molecule has 200 valence electrons. The third-order valence-electron chi connectivity index (χ3n) is 6.52. The van der Waals surface area contributed by atoms with Crippen LogP contribution in [-0.4, -0.2) is 51.6 Å². The van der Waals surface area contributed by atoms with E-state index in [-0.39, 0.29) is 11.9 Å². The highest BCUT2D eigenvalue weighted by molar-refractivity contribution is 5.77. The summed E-state index contributed by atoms with van der Waals surface area (Å²) in [4.78, 5) is 21.9. The van der Waals surface area contributed by atoms with E-state index in [9.17, 15) is 13.2 Å². The zero-order valence-corrected chi connectivity index (χ0v) is 21.4. The summed E-state index contributed by atoms with van der Waals surface area (Å²) >= 11 is 0. The molecule has 0 saturated heterocycles. The van der Waals surface area contributed by atoms with Crippen molar-refractivity contribution in [3.05, 3.63) is 60.1 Å². The van der Waals surface area contributed by atoms with E-state index in [0.717, 1.165) is 29.5 Å². The van der Waals surface area contributed by atoms with E-state index in [1.807, 2.05) is 12.1 Å². The van der Waals surface area contributed by atoms with Gasteiger partial charge in [0.1, 0.15) is 11.9 Å². The van der Waals surface area contributed by atoms with Gasteiger partial charge in [-0.2, -0.15) is 18.3 Å². The fourth-order valence-electron chi connectivity index (χ4n) is 4.45. The largest absolute Gasteiger partial charge is 0.480 e. The Morgan fingerprint density at radius 2 is 1.79 bits per heavy atom. The first-order valence-corrected chi connectivity index (χ1v) is 12.4. The van der Waals surface area contributed by atoms with Gasteiger partial charge >= 0.3 is 6.18 Å². The maximum Gasteiger partial charge on any atom is 0.453 e. The molecule has 5 aromatic rings. The zero-order chi connectivity index (χ0) is 27.3. The predicted octanol–water partition coefficient (Wildman–Crippen LogP) is 5.08. The molecular formula is C26H24F3N9O. The van der Waals surface area contributed by atoms with Crippen LogP contribution >= 0.6 is 0 Å². The van der Waals surface area contributed by atoms with Crippen LogP contribution in [0.5, 0.6) is 5.88 Å². The van der Waals surface area contributed by atoms with Gasteiger partial charge in [0.2, 0.25) is 5.88 Å². The van der Waals surface area contributed by atoms with E-state index in [2.05, 4.69) is 30.1 Å². The van der Waals surface area contributed by atoms with Gasteiger partial charge in [0.15, 0.2) is 17.3 Å². The molecule has 0 N–H and O–H groups in total. The second kappa shape index (κ2) is 9.40. The molecule has 0 bridgehead atoms. The number of aromatic nitrogens is 9. The van der Waals surface area contributed by atoms with E-state index in [1.54, 1.807) is 50.2 Å². The van der Waals surface area contributed by atoms with Gasteiger partial charge in [-0.3, -0.25) is 0 Å². The van der Waals surface area contributed by atoms with Crippen molar-refractivity contribution in [2.75, 3.05) is 7.11 Å². The fourth-order valence-corrected chi connectivity index (χ4v) is 4.45. The van der Waals surface area contributed by atoms with Crippen molar-refractivity contribution in [1.29, 1.82) is 0 Å². The van der Waals surface area contributed by atoms with Gasteiger partial charge in [-0.25, -0.2) is 34.3 Å². The summed E-state index contributed by atoms with van der Waals surface area (Å²) in [6, 6.07) is 6.84. The number of halogens is 3. The van der Waals surface area contributed by atoms with Crippen LogP contribution in [0.1, 0.15) is 55.7 Å². The van der Waals surface area contributed by atoms with Crippen molar-refractivity contribution in [1.82, 2.24) is 44.5 Å². The Labute approximate surface area is 220 Å². The van der Waals surface area contributed by atoms with E-state index < -0.39 is 12.0 Å². The summed E-state index contributed by atoms with van der Waals surface area (Å²) in [6.07, 6.45) is 2.38. The summed E-state index contributed by atoms with van der Waals surface area (Å²) in [5.41, 5.74) is 3.62. The molecule has 0 atom stereocenters. The van der Waals surface area contributed by atoms with Crippen molar-refractivity contribution in [2.45, 2.75) is 51.4 Å². The van der Waals surface area contributed by atoms with Gasteiger partial charge < -0.3 is 4.74 Å². The molecule has 6 rings (SSSR count). The monoisotopic (exact) mass is 535 g/mol. The topological polar surface area (TPSA) is 109 Å². The lowest BCUT2D eigenvalue weighted by atomic mass is 10.1. The SMILES string of the molecule is COc1ncnc(C2CC2)c1-c1ncc2cnn(Cc3ccc(-c4nc(C(F)(F)F)nn4C(C)C)cc3)c2n1. The van der Waals surface area contributed by atoms with Crippen molar-refractivity contribution in [2.24, 2.45) is 0 Å². The quantitative estimate of drug-likeness (QED) is 0.284. The predicted molar refractivity (Wildman–Crippen MR) is 135 cm³/mol. The number of methoxy groups -OCH3 is 1. The van der Waals surface area contributed by atoms with Crippen LogP contribution in [0.4, 0.5) is 13.2 Å². The van der Waals surface area contributed by atoms with Gasteiger partial charge in [-0.1, -0.05) is 24.3 Å². The minimum absolute atomic E-state index is 0.163. The maximum absolute atomic E-state index is 13.2. The van der Waals surface area contributed by atoms with E-state index in [1.165, 1.54) is 11.0 Å². The average Bonchev–Trinajstić information content (AvgIpc) is 3.53. The molecule has 0 aliphatic heterocycles. The highest BCUT2D eigenvalue weighted by Crippen LogP contribution is 2.44. The molecule has 1 aliphatic carbocycles. The molecular weight excluding hydrogens is 511 g/mol. The number of hydrogen-bond acceptors (Lipinski definition) is 8. The first kappa shape index (κ1) is 24.9. The minimum atomic E-state index is -4.62. The number of hydrogen-bond donors (Lipinski definition) is 0. The first-order valence-electron chi connectivity index (χ1n) is 12.4. The Morgan fingerprint density at radius 3 is 2.46 bits per heavy atom. The van der Waals surface area contributed by atoms with Gasteiger partial charge in [0, 0.05) is 23.7 Å².